The van der Waals surface area contributed by atoms with E-state index in [0.29, 0.717) is 5.75 Å². The van der Waals surface area contributed by atoms with Gasteiger partial charge < -0.3 is 4.74 Å². The zero-order valence-corrected chi connectivity index (χ0v) is 9.97. The molecule has 0 aliphatic heterocycles. The predicted octanol–water partition coefficient (Wildman–Crippen LogP) is 3.55. The second kappa shape index (κ2) is 5.35. The molecule has 1 aromatic rings. The maximum atomic E-state index is 13.4. The molecular weight excluding hydrogens is 247 g/mol. The number of ether oxygens (including phenoxy) is 1. The summed E-state index contributed by atoms with van der Waals surface area (Å²) in [5, 5.41) is 0.844. The molecule has 0 radical (unpaired) electrons. The first-order valence-electron chi connectivity index (χ1n) is 4.64. The molecule has 0 fully saturated rings. The van der Waals surface area contributed by atoms with Crippen LogP contribution in [0.5, 0.6) is 5.75 Å². The van der Waals surface area contributed by atoms with Gasteiger partial charge in [-0.05, 0) is 38.0 Å². The highest BCUT2D eigenvalue weighted by atomic mass is 79.9. The van der Waals surface area contributed by atoms with Crippen LogP contribution in [0.2, 0.25) is 0 Å². The van der Waals surface area contributed by atoms with Crippen molar-refractivity contribution in [2.75, 3.05) is 5.33 Å². The van der Waals surface area contributed by atoms with Crippen LogP contribution in [0, 0.1) is 5.82 Å². The van der Waals surface area contributed by atoms with E-state index >= 15 is 0 Å². The van der Waals surface area contributed by atoms with E-state index in [1.165, 1.54) is 6.07 Å². The number of halogens is 2. The number of alkyl halides is 1. The zero-order chi connectivity index (χ0) is 10.6. The van der Waals surface area contributed by atoms with Gasteiger partial charge in [0.25, 0.3) is 0 Å². The van der Waals surface area contributed by atoms with Gasteiger partial charge >= 0.3 is 0 Å². The molecule has 14 heavy (non-hydrogen) atoms. The predicted molar refractivity (Wildman–Crippen MR) is 59.7 cm³/mol. The lowest BCUT2D eigenvalue weighted by molar-refractivity contribution is 0.231. The molecule has 0 N–H and O–H groups in total. The van der Waals surface area contributed by atoms with Crippen molar-refractivity contribution in [1.29, 1.82) is 0 Å². The quantitative estimate of drug-likeness (QED) is 0.753. The van der Waals surface area contributed by atoms with Crippen molar-refractivity contribution in [3.8, 4) is 5.75 Å². The summed E-state index contributed by atoms with van der Waals surface area (Å²) < 4.78 is 18.7. The summed E-state index contributed by atoms with van der Waals surface area (Å²) >= 11 is 3.32. The van der Waals surface area contributed by atoms with Gasteiger partial charge in [-0.15, -0.1) is 0 Å². The lowest BCUT2D eigenvalue weighted by Gasteiger charge is -2.11. The van der Waals surface area contributed by atoms with E-state index in [2.05, 4.69) is 15.9 Å². The lowest BCUT2D eigenvalue weighted by Crippen LogP contribution is -2.07. The van der Waals surface area contributed by atoms with Gasteiger partial charge in [-0.1, -0.05) is 22.0 Å². The van der Waals surface area contributed by atoms with Crippen LogP contribution in [0.3, 0.4) is 0 Å². The van der Waals surface area contributed by atoms with Crippen molar-refractivity contribution in [1.82, 2.24) is 0 Å². The molecule has 0 aromatic heterocycles. The normalized spacial score (nSPS) is 10.6. The topological polar surface area (TPSA) is 9.23 Å². The van der Waals surface area contributed by atoms with E-state index in [1.54, 1.807) is 6.07 Å². The Labute approximate surface area is 92.4 Å². The fraction of sp³-hybridized carbons (Fsp3) is 0.455. The lowest BCUT2D eigenvalue weighted by atomic mass is 10.1. The van der Waals surface area contributed by atoms with Gasteiger partial charge in [0.05, 0.1) is 6.10 Å². The summed E-state index contributed by atoms with van der Waals surface area (Å²) in [5.74, 6) is 0.0514. The van der Waals surface area contributed by atoms with Crippen LogP contribution in [0.4, 0.5) is 4.39 Å². The van der Waals surface area contributed by atoms with Gasteiger partial charge in [0.1, 0.15) is 0 Å². The molecule has 78 valence electrons. The molecule has 0 unspecified atom stereocenters. The highest BCUT2D eigenvalue weighted by Crippen LogP contribution is 2.20. The number of aryl methyl sites for hydroxylation is 1. The van der Waals surface area contributed by atoms with Crippen molar-refractivity contribution < 1.29 is 9.13 Å². The molecule has 0 saturated carbocycles. The Kier molecular flexibility index (Phi) is 4.39. The van der Waals surface area contributed by atoms with Crippen LogP contribution in [-0.2, 0) is 6.42 Å². The molecule has 0 heterocycles. The number of hydrogen-bond donors (Lipinski definition) is 0. The van der Waals surface area contributed by atoms with Crippen molar-refractivity contribution in [2.45, 2.75) is 26.4 Å². The van der Waals surface area contributed by atoms with E-state index in [9.17, 15) is 4.39 Å². The summed E-state index contributed by atoms with van der Waals surface area (Å²) in [5.41, 5.74) is 0.982. The Bertz CT molecular complexity index is 299. The van der Waals surface area contributed by atoms with Gasteiger partial charge in [-0.3, -0.25) is 0 Å². The second-order valence-electron chi connectivity index (χ2n) is 3.37. The van der Waals surface area contributed by atoms with Crippen LogP contribution in [0.25, 0.3) is 0 Å². The fourth-order valence-corrected chi connectivity index (χ4v) is 1.62. The molecule has 1 aromatic carbocycles. The second-order valence-corrected chi connectivity index (χ2v) is 4.16. The molecule has 3 heteroatoms. The monoisotopic (exact) mass is 260 g/mol. The van der Waals surface area contributed by atoms with Gasteiger partial charge in [0.2, 0.25) is 0 Å². The number of rotatable bonds is 4. The van der Waals surface area contributed by atoms with E-state index in [0.717, 1.165) is 17.3 Å². The minimum absolute atomic E-state index is 0.00604. The fourth-order valence-electron chi connectivity index (χ4n) is 1.16. The summed E-state index contributed by atoms with van der Waals surface area (Å²) in [7, 11) is 0. The summed E-state index contributed by atoms with van der Waals surface area (Å²) in [4.78, 5) is 0. The summed E-state index contributed by atoms with van der Waals surface area (Å²) in [6, 6.07) is 5.11. The Balaban J connectivity index is 2.79. The first-order valence-corrected chi connectivity index (χ1v) is 5.76. The SMILES string of the molecule is CC(C)Oc1ccc(CCBr)cc1F. The first kappa shape index (κ1) is 11.5. The zero-order valence-electron chi connectivity index (χ0n) is 8.39. The van der Waals surface area contributed by atoms with E-state index < -0.39 is 0 Å². The number of benzene rings is 1. The average molecular weight is 261 g/mol. The molecular formula is C11H14BrFO. The molecule has 1 rings (SSSR count). The molecule has 0 atom stereocenters. The third-order valence-electron chi connectivity index (χ3n) is 1.74. The molecule has 0 spiro atoms. The van der Waals surface area contributed by atoms with Crippen LogP contribution in [-0.4, -0.2) is 11.4 Å². The molecule has 1 nitrogen and oxygen atoms in total. The minimum Gasteiger partial charge on any atom is -0.488 e. The van der Waals surface area contributed by atoms with Gasteiger partial charge in [0.15, 0.2) is 11.6 Å². The van der Waals surface area contributed by atoms with Crippen molar-refractivity contribution in [3.05, 3.63) is 29.6 Å². The third-order valence-corrected chi connectivity index (χ3v) is 2.14. The highest BCUT2D eigenvalue weighted by molar-refractivity contribution is 9.09. The van der Waals surface area contributed by atoms with Crippen LogP contribution < -0.4 is 4.74 Å². The van der Waals surface area contributed by atoms with Gasteiger partial charge in [0, 0.05) is 5.33 Å². The van der Waals surface area contributed by atoms with Crippen molar-refractivity contribution in [2.24, 2.45) is 0 Å². The molecule has 0 aliphatic carbocycles. The highest BCUT2D eigenvalue weighted by Gasteiger charge is 2.05. The van der Waals surface area contributed by atoms with E-state index in [4.69, 9.17) is 4.74 Å². The largest absolute Gasteiger partial charge is 0.488 e. The third kappa shape index (κ3) is 3.29. The first-order chi connectivity index (χ1) is 6.63. The van der Waals surface area contributed by atoms with Crippen molar-refractivity contribution >= 4 is 15.9 Å². The molecule has 0 bridgehead atoms. The summed E-state index contributed by atoms with van der Waals surface area (Å²) in [6.07, 6.45) is 0.838. The molecule has 0 saturated heterocycles. The molecule has 0 amide bonds. The summed E-state index contributed by atoms with van der Waals surface area (Å²) in [6.45, 7) is 3.76. The smallest absolute Gasteiger partial charge is 0.165 e. The maximum Gasteiger partial charge on any atom is 0.165 e. The van der Waals surface area contributed by atoms with Crippen molar-refractivity contribution in [3.63, 3.8) is 0 Å². The van der Waals surface area contributed by atoms with E-state index in [1.807, 2.05) is 19.9 Å². The maximum absolute atomic E-state index is 13.4. The van der Waals surface area contributed by atoms with Gasteiger partial charge in [-0.25, -0.2) is 4.39 Å². The Morgan fingerprint density at radius 2 is 2.14 bits per heavy atom. The Hall–Kier alpha value is -0.570. The minimum atomic E-state index is -0.280. The number of hydrogen-bond acceptors (Lipinski definition) is 1. The Morgan fingerprint density at radius 1 is 1.43 bits per heavy atom. The van der Waals surface area contributed by atoms with E-state index in [-0.39, 0.29) is 11.9 Å². The van der Waals surface area contributed by atoms with Crippen LogP contribution in [0.15, 0.2) is 18.2 Å². The average Bonchev–Trinajstić information content (AvgIpc) is 2.10. The standard InChI is InChI=1S/C11H14BrFO/c1-8(2)14-11-4-3-9(5-6-12)7-10(11)13/h3-4,7-8H,5-6H2,1-2H3. The molecule has 0 aliphatic rings. The van der Waals surface area contributed by atoms with Gasteiger partial charge in [-0.2, -0.15) is 0 Å². The van der Waals surface area contributed by atoms with Crippen LogP contribution >= 0.6 is 15.9 Å². The Morgan fingerprint density at radius 3 is 2.64 bits per heavy atom. The van der Waals surface area contributed by atoms with Crippen LogP contribution in [0.1, 0.15) is 19.4 Å².